The topological polar surface area (TPSA) is 81.1 Å². The highest BCUT2D eigenvalue weighted by Gasteiger charge is 2.28. The van der Waals surface area contributed by atoms with Gasteiger partial charge < -0.3 is 5.32 Å². The summed E-state index contributed by atoms with van der Waals surface area (Å²) < 4.78 is 26.3. The summed E-state index contributed by atoms with van der Waals surface area (Å²) in [5.41, 5.74) is 2.38. The molecule has 6 nitrogen and oxygen atoms in total. The summed E-state index contributed by atoms with van der Waals surface area (Å²) in [6.45, 7) is 0. The van der Waals surface area contributed by atoms with E-state index >= 15 is 0 Å². The van der Waals surface area contributed by atoms with Crippen LogP contribution in [0.4, 0.5) is 5.69 Å². The first kappa shape index (κ1) is 18.4. The number of hydrogen-bond acceptors (Lipinski definition) is 4. The van der Waals surface area contributed by atoms with Gasteiger partial charge in [0.2, 0.25) is 5.91 Å². The molecule has 0 atom stereocenters. The fraction of sp³-hybridized carbons (Fsp3) is 0.238. The fourth-order valence-electron chi connectivity index (χ4n) is 3.02. The van der Waals surface area contributed by atoms with Crippen LogP contribution in [0.1, 0.15) is 18.4 Å². The number of hydrogen-bond donors (Lipinski definition) is 1. The van der Waals surface area contributed by atoms with Crippen molar-refractivity contribution < 1.29 is 13.2 Å². The highest BCUT2D eigenvalue weighted by Crippen LogP contribution is 2.32. The van der Waals surface area contributed by atoms with Crippen LogP contribution in [0.2, 0.25) is 0 Å². The molecule has 0 unspecified atom stereocenters. The molecule has 1 saturated carbocycles. The van der Waals surface area contributed by atoms with Crippen LogP contribution in [0.15, 0.2) is 71.9 Å². The summed E-state index contributed by atoms with van der Waals surface area (Å²) in [6, 6.07) is 15.9. The SMILES string of the molecule is O=C(Cc1ccc(S(=O)(=O)CC2CC2)cc1)Nc1ccc(-n2cccn2)cc1. The van der Waals surface area contributed by atoms with Gasteiger partial charge in [0, 0.05) is 18.1 Å². The summed E-state index contributed by atoms with van der Waals surface area (Å²) >= 11 is 0. The molecule has 28 heavy (non-hydrogen) atoms. The Bertz CT molecular complexity index is 1050. The van der Waals surface area contributed by atoms with Gasteiger partial charge >= 0.3 is 0 Å². The highest BCUT2D eigenvalue weighted by atomic mass is 32.2. The van der Waals surface area contributed by atoms with E-state index in [4.69, 9.17) is 0 Å². The second-order valence-electron chi connectivity index (χ2n) is 7.09. The number of sulfone groups is 1. The van der Waals surface area contributed by atoms with Gasteiger partial charge in [0.05, 0.1) is 22.8 Å². The van der Waals surface area contributed by atoms with Crippen LogP contribution < -0.4 is 5.32 Å². The maximum atomic E-state index is 12.3. The molecule has 1 heterocycles. The molecule has 3 aromatic rings. The zero-order valence-corrected chi connectivity index (χ0v) is 16.1. The first-order valence-electron chi connectivity index (χ1n) is 9.21. The molecule has 1 aromatic heterocycles. The second kappa shape index (κ2) is 7.59. The molecule has 0 bridgehead atoms. The molecule has 0 radical (unpaired) electrons. The standard InChI is InChI=1S/C21H21N3O3S/c25-21(23-18-6-8-19(9-7-18)24-13-1-12-22-24)14-16-4-10-20(11-5-16)28(26,27)15-17-2-3-17/h1,4-13,17H,2-3,14-15H2,(H,23,25). The van der Waals surface area contributed by atoms with Crippen LogP contribution in [-0.4, -0.2) is 29.9 Å². The maximum Gasteiger partial charge on any atom is 0.228 e. The Balaban J connectivity index is 1.35. The van der Waals surface area contributed by atoms with Gasteiger partial charge in [-0.2, -0.15) is 5.10 Å². The predicted molar refractivity (Wildman–Crippen MR) is 107 cm³/mol. The number of nitrogens with one attached hydrogen (secondary N) is 1. The summed E-state index contributed by atoms with van der Waals surface area (Å²) in [6.07, 6.45) is 5.74. The lowest BCUT2D eigenvalue weighted by atomic mass is 10.1. The summed E-state index contributed by atoms with van der Waals surface area (Å²) in [5, 5.41) is 7.02. The molecule has 1 aliphatic rings. The smallest absolute Gasteiger partial charge is 0.228 e. The Morgan fingerprint density at radius 2 is 1.79 bits per heavy atom. The van der Waals surface area contributed by atoms with Gasteiger partial charge in [-0.15, -0.1) is 0 Å². The van der Waals surface area contributed by atoms with Crippen molar-refractivity contribution in [3.8, 4) is 5.69 Å². The minimum Gasteiger partial charge on any atom is -0.326 e. The van der Waals surface area contributed by atoms with E-state index in [1.54, 1.807) is 35.1 Å². The first-order valence-corrected chi connectivity index (χ1v) is 10.9. The van der Waals surface area contributed by atoms with Crippen molar-refractivity contribution in [2.45, 2.75) is 24.2 Å². The molecule has 1 aliphatic carbocycles. The van der Waals surface area contributed by atoms with Gasteiger partial charge in [0.15, 0.2) is 9.84 Å². The third kappa shape index (κ3) is 4.48. The minimum absolute atomic E-state index is 0.152. The van der Waals surface area contributed by atoms with Crippen LogP contribution in [0, 0.1) is 5.92 Å². The van der Waals surface area contributed by atoms with Crippen LogP contribution in [-0.2, 0) is 21.1 Å². The summed E-state index contributed by atoms with van der Waals surface area (Å²) in [5.74, 6) is 0.386. The number of aromatic nitrogens is 2. The van der Waals surface area contributed by atoms with Crippen molar-refractivity contribution in [3.05, 3.63) is 72.6 Å². The summed E-state index contributed by atoms with van der Waals surface area (Å²) in [7, 11) is -3.22. The lowest BCUT2D eigenvalue weighted by Crippen LogP contribution is -2.14. The number of benzene rings is 2. The normalized spacial score (nSPS) is 14.0. The van der Waals surface area contributed by atoms with E-state index in [1.807, 2.05) is 36.5 Å². The molecule has 144 valence electrons. The molecule has 1 N–H and O–H groups in total. The molecule has 0 saturated heterocycles. The molecule has 4 rings (SSSR count). The zero-order chi connectivity index (χ0) is 19.6. The van der Waals surface area contributed by atoms with Crippen LogP contribution in [0.5, 0.6) is 0 Å². The second-order valence-corrected chi connectivity index (χ2v) is 9.13. The van der Waals surface area contributed by atoms with Crippen molar-refractivity contribution in [2.24, 2.45) is 5.92 Å². The average molecular weight is 395 g/mol. The highest BCUT2D eigenvalue weighted by molar-refractivity contribution is 7.91. The number of rotatable bonds is 7. The van der Waals surface area contributed by atoms with Crippen LogP contribution in [0.25, 0.3) is 5.69 Å². The van der Waals surface area contributed by atoms with E-state index in [9.17, 15) is 13.2 Å². The molecule has 1 fully saturated rings. The third-order valence-electron chi connectivity index (χ3n) is 4.72. The van der Waals surface area contributed by atoms with Crippen LogP contribution >= 0.6 is 0 Å². The predicted octanol–water partition coefficient (Wildman–Crippen LogP) is 3.24. The van der Waals surface area contributed by atoms with Crippen molar-refractivity contribution in [1.29, 1.82) is 0 Å². The van der Waals surface area contributed by atoms with E-state index in [0.717, 1.165) is 24.1 Å². The van der Waals surface area contributed by atoms with E-state index < -0.39 is 9.84 Å². The maximum absolute atomic E-state index is 12.3. The molecule has 0 spiro atoms. The van der Waals surface area contributed by atoms with Gasteiger partial charge in [0.25, 0.3) is 0 Å². The minimum atomic E-state index is -3.22. The lowest BCUT2D eigenvalue weighted by Gasteiger charge is -2.08. The fourth-order valence-corrected chi connectivity index (χ4v) is 4.71. The van der Waals surface area contributed by atoms with Crippen molar-refractivity contribution >= 4 is 21.4 Å². The largest absolute Gasteiger partial charge is 0.326 e. The number of amides is 1. The number of carbonyl (C=O) groups excluding carboxylic acids is 1. The number of anilines is 1. The average Bonchev–Trinajstić information content (AvgIpc) is 3.30. The molecular weight excluding hydrogens is 374 g/mol. The Labute approximate surface area is 164 Å². The van der Waals surface area contributed by atoms with Gasteiger partial charge in [0.1, 0.15) is 0 Å². The zero-order valence-electron chi connectivity index (χ0n) is 15.3. The molecule has 2 aromatic carbocycles. The van der Waals surface area contributed by atoms with E-state index in [1.165, 1.54) is 0 Å². The van der Waals surface area contributed by atoms with Gasteiger partial charge in [-0.05, 0) is 66.8 Å². The Kier molecular flexibility index (Phi) is 5.00. The molecule has 1 amide bonds. The van der Waals surface area contributed by atoms with Crippen LogP contribution in [0.3, 0.4) is 0 Å². The molecule has 7 heteroatoms. The summed E-state index contributed by atoms with van der Waals surface area (Å²) in [4.78, 5) is 12.6. The van der Waals surface area contributed by atoms with Gasteiger partial charge in [-0.3, -0.25) is 4.79 Å². The van der Waals surface area contributed by atoms with E-state index in [-0.39, 0.29) is 18.1 Å². The monoisotopic (exact) mass is 395 g/mol. The van der Waals surface area contributed by atoms with Crippen molar-refractivity contribution in [2.75, 3.05) is 11.1 Å². The lowest BCUT2D eigenvalue weighted by molar-refractivity contribution is -0.115. The van der Waals surface area contributed by atoms with E-state index in [0.29, 0.717) is 16.5 Å². The van der Waals surface area contributed by atoms with E-state index in [2.05, 4.69) is 10.4 Å². The number of nitrogens with zero attached hydrogens (tertiary/aromatic N) is 2. The first-order chi connectivity index (χ1) is 13.5. The molecule has 0 aliphatic heterocycles. The quantitative estimate of drug-likeness (QED) is 0.666. The van der Waals surface area contributed by atoms with Gasteiger partial charge in [-0.1, -0.05) is 12.1 Å². The Hall–Kier alpha value is -2.93. The van der Waals surface area contributed by atoms with Crippen molar-refractivity contribution in [3.63, 3.8) is 0 Å². The number of carbonyl (C=O) groups is 1. The third-order valence-corrected chi connectivity index (χ3v) is 6.62. The Morgan fingerprint density at radius 1 is 1.07 bits per heavy atom. The van der Waals surface area contributed by atoms with Gasteiger partial charge in [-0.25, -0.2) is 13.1 Å². The van der Waals surface area contributed by atoms with Crippen molar-refractivity contribution in [1.82, 2.24) is 9.78 Å². The Morgan fingerprint density at radius 3 is 2.39 bits per heavy atom. The molecular formula is C21H21N3O3S.